The van der Waals surface area contributed by atoms with E-state index < -0.39 is 0 Å². The van der Waals surface area contributed by atoms with Gasteiger partial charge in [0.05, 0.1) is 6.61 Å². The molecule has 0 unspecified atom stereocenters. The average molecular weight is 348 g/mol. The lowest BCUT2D eigenvalue weighted by molar-refractivity contribution is -0.121. The molecule has 2 rings (SSSR count). The van der Waals surface area contributed by atoms with Gasteiger partial charge in [0.2, 0.25) is 5.91 Å². The van der Waals surface area contributed by atoms with Crippen molar-refractivity contribution in [2.24, 2.45) is 0 Å². The number of aryl methyl sites for hydroxylation is 1. The molecule has 0 aliphatic carbocycles. The fourth-order valence-corrected chi connectivity index (χ4v) is 2.36. The Kier molecular flexibility index (Phi) is 7.43. The number of halogens is 1. The minimum atomic E-state index is -0.00290. The zero-order valence-corrected chi connectivity index (χ0v) is 14.3. The number of amides is 1. The van der Waals surface area contributed by atoms with Crippen LogP contribution >= 0.6 is 11.6 Å². The van der Waals surface area contributed by atoms with Crippen molar-refractivity contribution >= 4 is 17.5 Å². The number of para-hydroxylation sites is 1. The van der Waals surface area contributed by atoms with Gasteiger partial charge in [0, 0.05) is 18.0 Å². The van der Waals surface area contributed by atoms with E-state index in [0.717, 1.165) is 24.2 Å². The summed E-state index contributed by atoms with van der Waals surface area (Å²) in [5.74, 6) is 1.03. The lowest BCUT2D eigenvalue weighted by Gasteiger charge is -2.08. The molecule has 0 fully saturated rings. The third-order valence-corrected chi connectivity index (χ3v) is 3.84. The topological polar surface area (TPSA) is 58.6 Å². The highest BCUT2D eigenvalue weighted by Crippen LogP contribution is 2.17. The predicted octanol–water partition coefficient (Wildman–Crippen LogP) is 3.95. The maximum Gasteiger partial charge on any atom is 0.220 e. The lowest BCUT2D eigenvalue weighted by Crippen LogP contribution is -2.24. The Morgan fingerprint density at radius 2 is 1.83 bits per heavy atom. The molecule has 0 atom stereocenters. The van der Waals surface area contributed by atoms with Crippen LogP contribution in [0.1, 0.15) is 24.8 Å². The molecule has 0 aliphatic rings. The number of carbonyl (C=O) groups is 1. The Morgan fingerprint density at radius 3 is 2.58 bits per heavy atom. The quantitative estimate of drug-likeness (QED) is 0.675. The zero-order chi connectivity index (χ0) is 17.2. The maximum atomic E-state index is 11.8. The van der Waals surface area contributed by atoms with Gasteiger partial charge in [-0.15, -0.1) is 0 Å². The van der Waals surface area contributed by atoms with Crippen LogP contribution in [0.15, 0.2) is 48.5 Å². The first-order chi connectivity index (χ1) is 11.6. The molecule has 2 aromatic rings. The van der Waals surface area contributed by atoms with Gasteiger partial charge in [0.15, 0.2) is 0 Å². The number of nitrogens with one attached hydrogen (secondary N) is 1. The first-order valence-corrected chi connectivity index (χ1v) is 8.45. The number of phenols is 1. The standard InChI is InChI=1S/C19H22ClNO3/c20-16-8-10-17(11-9-16)24-14-4-3-13-21-19(23)12-7-15-5-1-2-6-18(15)22/h1-2,5-6,8-11,22H,3-4,7,12-14H2,(H,21,23). The summed E-state index contributed by atoms with van der Waals surface area (Å²) in [6.07, 6.45) is 2.63. The summed E-state index contributed by atoms with van der Waals surface area (Å²) in [6.45, 7) is 1.24. The average Bonchev–Trinajstić information content (AvgIpc) is 2.59. The van der Waals surface area contributed by atoms with E-state index in [0.29, 0.717) is 31.0 Å². The molecule has 0 heterocycles. The van der Waals surface area contributed by atoms with Crippen molar-refractivity contribution in [1.29, 1.82) is 0 Å². The first-order valence-electron chi connectivity index (χ1n) is 8.07. The third-order valence-electron chi connectivity index (χ3n) is 3.59. The maximum absolute atomic E-state index is 11.8. The van der Waals surface area contributed by atoms with E-state index in [9.17, 15) is 9.90 Å². The van der Waals surface area contributed by atoms with Gasteiger partial charge in [-0.1, -0.05) is 29.8 Å². The molecule has 2 aromatic carbocycles. The first kappa shape index (κ1) is 18.1. The summed E-state index contributed by atoms with van der Waals surface area (Å²) in [5.41, 5.74) is 0.795. The second-order valence-corrected chi connectivity index (χ2v) is 5.92. The monoisotopic (exact) mass is 347 g/mol. The van der Waals surface area contributed by atoms with Gasteiger partial charge in [-0.3, -0.25) is 4.79 Å². The summed E-state index contributed by atoms with van der Waals surface area (Å²) < 4.78 is 5.59. The minimum absolute atomic E-state index is 0.00290. The van der Waals surface area contributed by atoms with E-state index in [2.05, 4.69) is 5.32 Å². The second kappa shape index (κ2) is 9.83. The molecule has 0 bridgehead atoms. The van der Waals surface area contributed by atoms with Crippen LogP contribution in [0.3, 0.4) is 0 Å². The van der Waals surface area contributed by atoms with Gasteiger partial charge in [-0.25, -0.2) is 0 Å². The molecule has 1 amide bonds. The molecule has 4 nitrogen and oxygen atoms in total. The fraction of sp³-hybridized carbons (Fsp3) is 0.316. The highest BCUT2D eigenvalue weighted by Gasteiger charge is 2.04. The Bertz CT molecular complexity index is 643. The van der Waals surface area contributed by atoms with Gasteiger partial charge in [-0.2, -0.15) is 0 Å². The SMILES string of the molecule is O=C(CCc1ccccc1O)NCCCCOc1ccc(Cl)cc1. The van der Waals surface area contributed by atoms with Crippen LogP contribution in [-0.4, -0.2) is 24.2 Å². The number of benzene rings is 2. The number of phenolic OH excluding ortho intramolecular Hbond substituents is 1. The Hall–Kier alpha value is -2.20. The number of rotatable bonds is 9. The molecule has 128 valence electrons. The fourth-order valence-electron chi connectivity index (χ4n) is 2.23. The third kappa shape index (κ3) is 6.50. The minimum Gasteiger partial charge on any atom is -0.508 e. The van der Waals surface area contributed by atoms with E-state index in [-0.39, 0.29) is 11.7 Å². The number of unbranched alkanes of at least 4 members (excludes halogenated alkanes) is 1. The van der Waals surface area contributed by atoms with Crippen molar-refractivity contribution in [3.8, 4) is 11.5 Å². The molecule has 24 heavy (non-hydrogen) atoms. The van der Waals surface area contributed by atoms with Crippen LogP contribution in [0.25, 0.3) is 0 Å². The summed E-state index contributed by atoms with van der Waals surface area (Å²) in [7, 11) is 0. The molecule has 2 N–H and O–H groups in total. The second-order valence-electron chi connectivity index (χ2n) is 5.49. The largest absolute Gasteiger partial charge is 0.508 e. The molecule has 0 spiro atoms. The van der Waals surface area contributed by atoms with Gasteiger partial charge < -0.3 is 15.2 Å². The lowest BCUT2D eigenvalue weighted by atomic mass is 10.1. The number of aromatic hydroxyl groups is 1. The summed E-state index contributed by atoms with van der Waals surface area (Å²) in [5, 5.41) is 13.2. The van der Waals surface area contributed by atoms with Crippen molar-refractivity contribution in [2.45, 2.75) is 25.7 Å². The smallest absolute Gasteiger partial charge is 0.220 e. The van der Waals surface area contributed by atoms with Gasteiger partial charge >= 0.3 is 0 Å². The van der Waals surface area contributed by atoms with Crippen LogP contribution in [0, 0.1) is 0 Å². The van der Waals surface area contributed by atoms with Crippen LogP contribution in [0.4, 0.5) is 0 Å². The van der Waals surface area contributed by atoms with Gasteiger partial charge in [0.25, 0.3) is 0 Å². The normalized spacial score (nSPS) is 10.4. The predicted molar refractivity (Wildman–Crippen MR) is 95.6 cm³/mol. The van der Waals surface area contributed by atoms with Crippen molar-refractivity contribution in [2.75, 3.05) is 13.2 Å². The molecular formula is C19H22ClNO3. The Balaban J connectivity index is 1.53. The van der Waals surface area contributed by atoms with Gasteiger partial charge in [0.1, 0.15) is 11.5 Å². The molecular weight excluding hydrogens is 326 g/mol. The zero-order valence-electron chi connectivity index (χ0n) is 13.5. The summed E-state index contributed by atoms with van der Waals surface area (Å²) >= 11 is 5.81. The molecule has 0 radical (unpaired) electrons. The van der Waals surface area contributed by atoms with E-state index in [1.807, 2.05) is 24.3 Å². The van der Waals surface area contributed by atoms with Crippen molar-refractivity contribution in [1.82, 2.24) is 5.32 Å². The molecule has 5 heteroatoms. The van der Waals surface area contributed by atoms with E-state index >= 15 is 0 Å². The molecule has 0 saturated heterocycles. The molecule has 0 aromatic heterocycles. The number of hydrogen-bond acceptors (Lipinski definition) is 3. The van der Waals surface area contributed by atoms with E-state index in [1.165, 1.54) is 0 Å². The number of ether oxygens (including phenoxy) is 1. The van der Waals surface area contributed by atoms with E-state index in [4.69, 9.17) is 16.3 Å². The highest BCUT2D eigenvalue weighted by molar-refractivity contribution is 6.30. The number of hydrogen-bond donors (Lipinski definition) is 2. The van der Waals surface area contributed by atoms with Crippen molar-refractivity contribution in [3.63, 3.8) is 0 Å². The van der Waals surface area contributed by atoms with Crippen LogP contribution in [-0.2, 0) is 11.2 Å². The highest BCUT2D eigenvalue weighted by atomic mass is 35.5. The molecule has 0 aliphatic heterocycles. The Morgan fingerprint density at radius 1 is 1.08 bits per heavy atom. The summed E-state index contributed by atoms with van der Waals surface area (Å²) in [6, 6.07) is 14.3. The van der Waals surface area contributed by atoms with Crippen molar-refractivity contribution in [3.05, 3.63) is 59.1 Å². The van der Waals surface area contributed by atoms with Crippen LogP contribution in [0.5, 0.6) is 11.5 Å². The molecule has 0 saturated carbocycles. The Labute approximate surface area is 147 Å². The van der Waals surface area contributed by atoms with Crippen molar-refractivity contribution < 1.29 is 14.6 Å². The van der Waals surface area contributed by atoms with Gasteiger partial charge in [-0.05, 0) is 55.2 Å². The van der Waals surface area contributed by atoms with E-state index in [1.54, 1.807) is 24.3 Å². The van der Waals surface area contributed by atoms with Crippen LogP contribution < -0.4 is 10.1 Å². The number of carbonyl (C=O) groups excluding carboxylic acids is 1. The van der Waals surface area contributed by atoms with Crippen LogP contribution in [0.2, 0.25) is 5.02 Å². The summed E-state index contributed by atoms with van der Waals surface area (Å²) in [4.78, 5) is 11.8.